The minimum Gasteiger partial charge on any atom is -0.478 e. The van der Waals surface area contributed by atoms with Crippen LogP contribution in [0.5, 0.6) is 0 Å². The van der Waals surface area contributed by atoms with Gasteiger partial charge in [0.25, 0.3) is 0 Å². The van der Waals surface area contributed by atoms with Crippen LogP contribution in [-0.4, -0.2) is 22.2 Å². The molecular formula is C16H28O4. The van der Waals surface area contributed by atoms with E-state index >= 15 is 0 Å². The summed E-state index contributed by atoms with van der Waals surface area (Å²) in [4.78, 5) is 20.5. The van der Waals surface area contributed by atoms with Gasteiger partial charge in [0.05, 0.1) is 0 Å². The van der Waals surface area contributed by atoms with Crippen molar-refractivity contribution in [2.24, 2.45) is 0 Å². The Morgan fingerprint density at radius 3 is 1.90 bits per heavy atom. The molecule has 0 aromatic carbocycles. The smallest absolute Gasteiger partial charge is 0.331 e. The standard InChI is InChI=1S/C11H20O2.C5H8O2/c1-3-5-6-7-9-10(8-4-2)11(12)13;1-3-4(2)5(6)7/h8H,3-7,9H2,1-2H3,(H,12,13);2-3H2,1H3,(H,6,7). The molecule has 0 aliphatic carbocycles. The molecule has 0 saturated heterocycles. The van der Waals surface area contributed by atoms with Crippen molar-refractivity contribution in [2.45, 2.75) is 65.7 Å². The van der Waals surface area contributed by atoms with Gasteiger partial charge in [-0.3, -0.25) is 0 Å². The molecule has 0 amide bonds. The van der Waals surface area contributed by atoms with E-state index in [9.17, 15) is 9.59 Å². The van der Waals surface area contributed by atoms with Gasteiger partial charge in [-0.2, -0.15) is 0 Å². The maximum atomic E-state index is 10.7. The Balaban J connectivity index is 0. The first kappa shape index (κ1) is 20.7. The first-order chi connectivity index (χ1) is 9.40. The van der Waals surface area contributed by atoms with Gasteiger partial charge in [-0.15, -0.1) is 0 Å². The van der Waals surface area contributed by atoms with Gasteiger partial charge in [0, 0.05) is 11.1 Å². The van der Waals surface area contributed by atoms with Crippen molar-refractivity contribution in [3.05, 3.63) is 23.8 Å². The Kier molecular flexibility index (Phi) is 14.3. The Labute approximate surface area is 122 Å². The minimum atomic E-state index is -0.900. The van der Waals surface area contributed by atoms with E-state index in [2.05, 4.69) is 13.5 Å². The lowest BCUT2D eigenvalue weighted by Crippen LogP contribution is -2.00. The van der Waals surface area contributed by atoms with E-state index in [0.29, 0.717) is 12.0 Å². The van der Waals surface area contributed by atoms with Gasteiger partial charge in [0.1, 0.15) is 0 Å². The first-order valence-corrected chi connectivity index (χ1v) is 7.23. The predicted molar refractivity (Wildman–Crippen MR) is 81.8 cm³/mol. The van der Waals surface area contributed by atoms with Gasteiger partial charge in [0.2, 0.25) is 0 Å². The topological polar surface area (TPSA) is 74.6 Å². The summed E-state index contributed by atoms with van der Waals surface area (Å²) in [7, 11) is 0. The molecule has 0 aromatic heterocycles. The minimum absolute atomic E-state index is 0.264. The number of carbonyl (C=O) groups is 2. The fourth-order valence-corrected chi connectivity index (χ4v) is 1.44. The number of unbranched alkanes of at least 4 members (excludes halogenated alkanes) is 3. The maximum Gasteiger partial charge on any atom is 0.331 e. The van der Waals surface area contributed by atoms with Crippen LogP contribution in [0.15, 0.2) is 23.8 Å². The number of hydrogen-bond donors (Lipinski definition) is 2. The van der Waals surface area contributed by atoms with E-state index in [1.54, 1.807) is 6.92 Å². The molecular weight excluding hydrogens is 256 g/mol. The number of carboxylic acids is 2. The Morgan fingerprint density at radius 1 is 1.00 bits per heavy atom. The highest BCUT2D eigenvalue weighted by Crippen LogP contribution is 2.10. The van der Waals surface area contributed by atoms with Gasteiger partial charge >= 0.3 is 11.9 Å². The zero-order valence-corrected chi connectivity index (χ0v) is 12.9. The summed E-state index contributed by atoms with van der Waals surface area (Å²) in [6.07, 6.45) is 8.43. The van der Waals surface area contributed by atoms with Crippen LogP contribution in [0.4, 0.5) is 0 Å². The van der Waals surface area contributed by atoms with Crippen LogP contribution in [0.3, 0.4) is 0 Å². The summed E-state index contributed by atoms with van der Waals surface area (Å²) in [6.45, 7) is 9.15. The van der Waals surface area contributed by atoms with E-state index in [1.165, 1.54) is 12.8 Å². The van der Waals surface area contributed by atoms with Crippen LogP contribution in [0.2, 0.25) is 0 Å². The van der Waals surface area contributed by atoms with Gasteiger partial charge < -0.3 is 10.2 Å². The van der Waals surface area contributed by atoms with Crippen LogP contribution in [0.1, 0.15) is 65.7 Å². The number of hydrogen-bond acceptors (Lipinski definition) is 2. The third-order valence-corrected chi connectivity index (χ3v) is 2.75. The highest BCUT2D eigenvalue weighted by Gasteiger charge is 2.04. The van der Waals surface area contributed by atoms with Gasteiger partial charge in [0.15, 0.2) is 0 Å². The largest absolute Gasteiger partial charge is 0.478 e. The molecule has 0 spiro atoms. The molecule has 116 valence electrons. The molecule has 0 bridgehead atoms. The molecule has 20 heavy (non-hydrogen) atoms. The number of allylic oxidation sites excluding steroid dienone is 1. The van der Waals surface area contributed by atoms with Crippen molar-refractivity contribution in [1.82, 2.24) is 0 Å². The van der Waals surface area contributed by atoms with Crippen LogP contribution in [0.25, 0.3) is 0 Å². The Hall–Kier alpha value is -1.58. The Bertz CT molecular complexity index is 329. The fourth-order valence-electron chi connectivity index (χ4n) is 1.44. The summed E-state index contributed by atoms with van der Waals surface area (Å²) in [5.41, 5.74) is 0.846. The SMILES string of the molecule is C=C(CC)C(=O)O.CCC=C(CCCCCC)C(=O)O. The highest BCUT2D eigenvalue weighted by molar-refractivity contribution is 5.86. The van der Waals surface area contributed by atoms with Crippen LogP contribution in [0, 0.1) is 0 Å². The van der Waals surface area contributed by atoms with E-state index in [4.69, 9.17) is 10.2 Å². The predicted octanol–water partition coefficient (Wildman–Crippen LogP) is 4.42. The molecule has 2 N–H and O–H groups in total. The lowest BCUT2D eigenvalue weighted by atomic mass is 10.1. The van der Waals surface area contributed by atoms with Gasteiger partial charge in [-0.25, -0.2) is 9.59 Å². The fraction of sp³-hybridized carbons (Fsp3) is 0.625. The van der Waals surface area contributed by atoms with Crippen molar-refractivity contribution in [3.63, 3.8) is 0 Å². The summed E-state index contributed by atoms with van der Waals surface area (Å²) < 4.78 is 0. The molecule has 0 rings (SSSR count). The summed E-state index contributed by atoms with van der Waals surface area (Å²) in [5, 5.41) is 16.9. The second kappa shape index (κ2) is 13.8. The zero-order chi connectivity index (χ0) is 16.0. The molecule has 0 aromatic rings. The molecule has 0 atom stereocenters. The second-order valence-corrected chi connectivity index (χ2v) is 4.52. The molecule has 4 heteroatoms. The van der Waals surface area contributed by atoms with E-state index < -0.39 is 11.9 Å². The van der Waals surface area contributed by atoms with Crippen molar-refractivity contribution >= 4 is 11.9 Å². The van der Waals surface area contributed by atoms with Crippen molar-refractivity contribution in [3.8, 4) is 0 Å². The second-order valence-electron chi connectivity index (χ2n) is 4.52. The lowest BCUT2D eigenvalue weighted by molar-refractivity contribution is -0.133. The summed E-state index contributed by atoms with van der Waals surface area (Å²) in [5.74, 6) is -1.65. The van der Waals surface area contributed by atoms with Crippen LogP contribution in [-0.2, 0) is 9.59 Å². The normalized spacial score (nSPS) is 10.4. The summed E-state index contributed by atoms with van der Waals surface area (Å²) in [6, 6.07) is 0. The molecule has 4 nitrogen and oxygen atoms in total. The average molecular weight is 284 g/mol. The van der Waals surface area contributed by atoms with E-state index in [1.807, 2.05) is 13.0 Å². The molecule has 0 unspecified atom stereocenters. The van der Waals surface area contributed by atoms with Crippen LogP contribution < -0.4 is 0 Å². The van der Waals surface area contributed by atoms with Crippen molar-refractivity contribution < 1.29 is 19.8 Å². The number of carboxylic acid groups (broad SMARTS) is 2. The molecule has 0 aliphatic heterocycles. The highest BCUT2D eigenvalue weighted by atomic mass is 16.4. The first-order valence-electron chi connectivity index (χ1n) is 7.23. The zero-order valence-electron chi connectivity index (χ0n) is 12.9. The van der Waals surface area contributed by atoms with Gasteiger partial charge in [-0.1, -0.05) is 52.7 Å². The van der Waals surface area contributed by atoms with Gasteiger partial charge in [-0.05, 0) is 25.7 Å². The molecule has 0 heterocycles. The molecule has 0 radical (unpaired) electrons. The molecule has 0 fully saturated rings. The van der Waals surface area contributed by atoms with Crippen LogP contribution >= 0.6 is 0 Å². The third kappa shape index (κ3) is 12.9. The van der Waals surface area contributed by atoms with E-state index in [0.717, 1.165) is 25.7 Å². The third-order valence-electron chi connectivity index (χ3n) is 2.75. The van der Waals surface area contributed by atoms with E-state index in [-0.39, 0.29) is 5.57 Å². The lowest BCUT2D eigenvalue weighted by Gasteiger charge is -2.01. The van der Waals surface area contributed by atoms with Crippen molar-refractivity contribution in [1.29, 1.82) is 0 Å². The Morgan fingerprint density at radius 2 is 1.60 bits per heavy atom. The number of rotatable bonds is 9. The molecule has 0 aliphatic rings. The van der Waals surface area contributed by atoms with Crippen molar-refractivity contribution in [2.75, 3.05) is 0 Å². The molecule has 0 saturated carbocycles. The quantitative estimate of drug-likeness (QED) is 0.485. The summed E-state index contributed by atoms with van der Waals surface area (Å²) >= 11 is 0. The monoisotopic (exact) mass is 284 g/mol. The maximum absolute atomic E-state index is 10.7. The average Bonchev–Trinajstić information content (AvgIpc) is 2.41. The number of aliphatic carboxylic acids is 2.